The molecule has 4 aromatic rings. The summed E-state index contributed by atoms with van der Waals surface area (Å²) in [7, 11) is 0. The van der Waals surface area contributed by atoms with E-state index in [2.05, 4.69) is 35.8 Å². The fourth-order valence-electron chi connectivity index (χ4n) is 4.31. The fourth-order valence-corrected chi connectivity index (χ4v) is 4.31. The quantitative estimate of drug-likeness (QED) is 0.368. The molecule has 0 saturated heterocycles. The first-order valence-electron chi connectivity index (χ1n) is 11.0. The number of nitrogens with two attached hydrogens (primary N) is 1. The molecule has 0 saturated carbocycles. The molecule has 1 aromatic heterocycles. The summed E-state index contributed by atoms with van der Waals surface area (Å²) in [6.07, 6.45) is 1.68. The van der Waals surface area contributed by atoms with Gasteiger partial charge in [-0.3, -0.25) is 4.79 Å². The number of amides is 1. The van der Waals surface area contributed by atoms with Gasteiger partial charge in [0.1, 0.15) is 11.5 Å². The Balaban J connectivity index is 1.74. The van der Waals surface area contributed by atoms with Gasteiger partial charge in [0.25, 0.3) is 5.91 Å². The van der Waals surface area contributed by atoms with E-state index in [-0.39, 0.29) is 0 Å². The van der Waals surface area contributed by atoms with E-state index >= 15 is 0 Å². The molecule has 32 heavy (non-hydrogen) atoms. The lowest BCUT2D eigenvalue weighted by Gasteiger charge is -2.13. The van der Waals surface area contributed by atoms with Crippen molar-refractivity contribution in [1.29, 1.82) is 0 Å². The van der Waals surface area contributed by atoms with Gasteiger partial charge in [0.05, 0.1) is 5.56 Å². The normalized spacial score (nSPS) is 10.8. The molecular weight excluding hydrogens is 396 g/mol. The minimum Gasteiger partial charge on any atom is -0.457 e. The van der Waals surface area contributed by atoms with Gasteiger partial charge in [-0.1, -0.05) is 67.6 Å². The van der Waals surface area contributed by atoms with Crippen molar-refractivity contribution >= 4 is 5.91 Å². The van der Waals surface area contributed by atoms with E-state index in [1.165, 1.54) is 5.56 Å². The van der Waals surface area contributed by atoms with Crippen LogP contribution in [0.15, 0.2) is 84.9 Å². The summed E-state index contributed by atoms with van der Waals surface area (Å²) in [5, 5.41) is 0. The molecule has 0 fully saturated rings. The van der Waals surface area contributed by atoms with E-state index in [9.17, 15) is 4.79 Å². The maximum atomic E-state index is 12.5. The number of benzene rings is 3. The van der Waals surface area contributed by atoms with Crippen LogP contribution in [0.1, 0.15) is 34.2 Å². The second-order valence-electron chi connectivity index (χ2n) is 7.83. The second-order valence-corrected chi connectivity index (χ2v) is 7.83. The maximum absolute atomic E-state index is 12.5. The Morgan fingerprint density at radius 2 is 1.56 bits per heavy atom. The number of carbonyl (C=O) groups excluding carboxylic acids is 1. The van der Waals surface area contributed by atoms with Crippen molar-refractivity contribution in [2.24, 2.45) is 5.73 Å². The zero-order valence-electron chi connectivity index (χ0n) is 18.5. The molecule has 3 aromatic carbocycles. The Labute approximate surface area is 189 Å². The smallest absolute Gasteiger partial charge is 0.251 e. The van der Waals surface area contributed by atoms with Crippen LogP contribution in [0.5, 0.6) is 11.5 Å². The summed E-state index contributed by atoms with van der Waals surface area (Å²) in [6.45, 7) is 4.89. The lowest BCUT2D eigenvalue weighted by Crippen LogP contribution is -2.14. The number of ether oxygens (including phenoxy) is 1. The largest absolute Gasteiger partial charge is 0.457 e. The van der Waals surface area contributed by atoms with Crippen molar-refractivity contribution in [3.8, 4) is 22.6 Å². The molecule has 1 amide bonds. The van der Waals surface area contributed by atoms with Crippen LogP contribution in [-0.4, -0.2) is 10.5 Å². The fraction of sp³-hybridized carbons (Fsp3) is 0.179. The second kappa shape index (κ2) is 9.56. The van der Waals surface area contributed by atoms with Gasteiger partial charge in [-0.2, -0.15) is 0 Å². The van der Waals surface area contributed by atoms with Crippen molar-refractivity contribution in [1.82, 2.24) is 4.57 Å². The number of rotatable bonds is 8. The number of aryl methyl sites for hydroxylation is 1. The summed E-state index contributed by atoms with van der Waals surface area (Å²) < 4.78 is 8.28. The summed E-state index contributed by atoms with van der Waals surface area (Å²) in [6, 6.07) is 27.9. The minimum absolute atomic E-state index is 0.403. The van der Waals surface area contributed by atoms with Crippen LogP contribution >= 0.6 is 0 Å². The number of aromatic nitrogens is 1. The number of hydrogen-bond donors (Lipinski definition) is 1. The number of primary amides is 1. The van der Waals surface area contributed by atoms with E-state index in [4.69, 9.17) is 10.5 Å². The molecule has 0 aliphatic heterocycles. The third-order valence-corrected chi connectivity index (χ3v) is 5.78. The summed E-state index contributed by atoms with van der Waals surface area (Å²) in [5.74, 6) is 1.09. The van der Waals surface area contributed by atoms with Gasteiger partial charge in [-0.25, -0.2) is 0 Å². The van der Waals surface area contributed by atoms with Crippen LogP contribution in [0.3, 0.4) is 0 Å². The highest BCUT2D eigenvalue weighted by molar-refractivity contribution is 6.02. The van der Waals surface area contributed by atoms with Crippen LogP contribution in [-0.2, 0) is 19.4 Å². The first kappa shape index (κ1) is 21.4. The van der Waals surface area contributed by atoms with E-state index in [0.29, 0.717) is 5.56 Å². The Kier molecular flexibility index (Phi) is 6.41. The molecule has 162 valence electrons. The predicted molar refractivity (Wildman–Crippen MR) is 129 cm³/mol. The molecule has 4 nitrogen and oxygen atoms in total. The highest BCUT2D eigenvalue weighted by atomic mass is 16.5. The van der Waals surface area contributed by atoms with Crippen molar-refractivity contribution in [2.75, 3.05) is 0 Å². The van der Waals surface area contributed by atoms with Crippen LogP contribution in [0, 0.1) is 6.92 Å². The SMILES string of the molecule is CCc1c(-c2cccc(Oc3ccccc3)c2)c(C(N)=O)c(C)n1CCc1ccccc1. The lowest BCUT2D eigenvalue weighted by molar-refractivity contribution is 0.1000. The van der Waals surface area contributed by atoms with E-state index < -0.39 is 5.91 Å². The van der Waals surface area contributed by atoms with E-state index in [0.717, 1.165) is 53.4 Å². The zero-order valence-corrected chi connectivity index (χ0v) is 18.5. The Morgan fingerprint density at radius 1 is 0.906 bits per heavy atom. The number of nitrogens with zero attached hydrogens (tertiary/aromatic N) is 1. The van der Waals surface area contributed by atoms with Gasteiger partial charge < -0.3 is 15.0 Å². The molecule has 0 spiro atoms. The minimum atomic E-state index is -0.403. The first-order chi connectivity index (χ1) is 15.6. The topological polar surface area (TPSA) is 57.2 Å². The third kappa shape index (κ3) is 4.45. The molecule has 4 rings (SSSR count). The van der Waals surface area contributed by atoms with Crippen LogP contribution < -0.4 is 10.5 Å². The van der Waals surface area contributed by atoms with Gasteiger partial charge in [0.2, 0.25) is 0 Å². The highest BCUT2D eigenvalue weighted by Gasteiger charge is 2.24. The van der Waals surface area contributed by atoms with Crippen molar-refractivity contribution < 1.29 is 9.53 Å². The van der Waals surface area contributed by atoms with Crippen LogP contribution in [0.4, 0.5) is 0 Å². The van der Waals surface area contributed by atoms with Gasteiger partial charge in [0.15, 0.2) is 0 Å². The molecule has 0 unspecified atom stereocenters. The van der Waals surface area contributed by atoms with Crippen LogP contribution in [0.25, 0.3) is 11.1 Å². The first-order valence-corrected chi connectivity index (χ1v) is 11.0. The molecular formula is C28H28N2O2. The third-order valence-electron chi connectivity index (χ3n) is 5.78. The predicted octanol–water partition coefficient (Wildman–Crippen LogP) is 6.16. The molecule has 0 aliphatic carbocycles. The summed E-state index contributed by atoms with van der Waals surface area (Å²) in [4.78, 5) is 12.5. The molecule has 0 aliphatic rings. The Morgan fingerprint density at radius 3 is 2.22 bits per heavy atom. The summed E-state index contributed by atoms with van der Waals surface area (Å²) >= 11 is 0. The van der Waals surface area contributed by atoms with Crippen LogP contribution in [0.2, 0.25) is 0 Å². The Bertz CT molecular complexity index is 1210. The van der Waals surface area contributed by atoms with E-state index in [1.54, 1.807) is 0 Å². The lowest BCUT2D eigenvalue weighted by atomic mass is 9.98. The molecule has 4 heteroatoms. The van der Waals surface area contributed by atoms with Crippen molar-refractivity contribution in [2.45, 2.75) is 33.2 Å². The summed E-state index contributed by atoms with van der Waals surface area (Å²) in [5.41, 5.74) is 11.6. The van der Waals surface area contributed by atoms with E-state index in [1.807, 2.05) is 67.6 Å². The maximum Gasteiger partial charge on any atom is 0.251 e. The molecule has 2 N–H and O–H groups in total. The molecule has 0 radical (unpaired) electrons. The van der Waals surface area contributed by atoms with Crippen molar-refractivity contribution in [3.63, 3.8) is 0 Å². The molecule has 0 bridgehead atoms. The number of hydrogen-bond acceptors (Lipinski definition) is 2. The van der Waals surface area contributed by atoms with Crippen molar-refractivity contribution in [3.05, 3.63) is 107 Å². The highest BCUT2D eigenvalue weighted by Crippen LogP contribution is 2.35. The average Bonchev–Trinajstić information content (AvgIpc) is 3.10. The molecule has 1 heterocycles. The van der Waals surface area contributed by atoms with Gasteiger partial charge in [-0.05, 0) is 55.2 Å². The van der Waals surface area contributed by atoms with Gasteiger partial charge >= 0.3 is 0 Å². The van der Waals surface area contributed by atoms with Gasteiger partial charge in [-0.15, -0.1) is 0 Å². The Hall–Kier alpha value is -3.79. The average molecular weight is 425 g/mol. The van der Waals surface area contributed by atoms with Gasteiger partial charge in [0, 0.05) is 23.5 Å². The number of para-hydroxylation sites is 1. The monoisotopic (exact) mass is 424 g/mol. The number of carbonyl (C=O) groups is 1. The zero-order chi connectivity index (χ0) is 22.5. The standard InChI is InChI=1S/C28H28N2O2/c1-3-25-27(22-13-10-16-24(19-22)32-23-14-8-5-9-15-23)26(28(29)31)20(2)30(25)18-17-21-11-6-4-7-12-21/h4-16,19H,3,17-18H2,1-2H3,(H2,29,31). The molecule has 0 atom stereocenters.